The lowest BCUT2D eigenvalue weighted by atomic mass is 9.79. The second-order valence-corrected chi connectivity index (χ2v) is 5.87. The van der Waals surface area contributed by atoms with Gasteiger partial charge < -0.3 is 0 Å². The first-order chi connectivity index (χ1) is 8.20. The summed E-state index contributed by atoms with van der Waals surface area (Å²) in [4.78, 5) is 6.77. The van der Waals surface area contributed by atoms with E-state index in [0.29, 0.717) is 11.8 Å². The molecule has 1 aliphatic rings. The Kier molecular flexibility index (Phi) is 4.14. The number of likely N-dealkylation sites (tertiary alicyclic amines) is 1. The minimum Gasteiger partial charge on any atom is -0.297 e. The molecule has 1 aliphatic heterocycles. The third-order valence-electron chi connectivity index (χ3n) is 3.63. The lowest BCUT2D eigenvalue weighted by Gasteiger charge is -2.37. The highest BCUT2D eigenvalue weighted by Gasteiger charge is 2.31. The molecule has 0 N–H and O–H groups in total. The molecule has 2 unspecified atom stereocenters. The number of hydrogen-bond donors (Lipinski definition) is 0. The van der Waals surface area contributed by atoms with E-state index in [1.165, 1.54) is 0 Å². The van der Waals surface area contributed by atoms with Crippen molar-refractivity contribution in [3.63, 3.8) is 0 Å². The number of hydrogen-bond acceptors (Lipinski definition) is 4. The molecule has 1 fully saturated rings. The van der Waals surface area contributed by atoms with Crippen LogP contribution >= 0.6 is 11.3 Å². The van der Waals surface area contributed by atoms with Crippen molar-refractivity contribution in [2.75, 3.05) is 13.1 Å². The summed E-state index contributed by atoms with van der Waals surface area (Å²) in [5, 5.41) is 11.3. The van der Waals surface area contributed by atoms with E-state index in [9.17, 15) is 5.26 Å². The van der Waals surface area contributed by atoms with Crippen LogP contribution in [0.2, 0.25) is 0 Å². The molecule has 2 heterocycles. The lowest BCUT2D eigenvalue weighted by molar-refractivity contribution is 0.107. The van der Waals surface area contributed by atoms with Crippen LogP contribution in [0.5, 0.6) is 0 Å². The van der Waals surface area contributed by atoms with Crippen LogP contribution in [0.4, 0.5) is 0 Å². The Balaban J connectivity index is 1.97. The SMILES string of the molecule is CC(C)C1CN(Cc2cscn2)CCC1C#N. The Hall–Kier alpha value is -0.920. The van der Waals surface area contributed by atoms with Crippen LogP contribution in [0.1, 0.15) is 26.0 Å². The van der Waals surface area contributed by atoms with Gasteiger partial charge >= 0.3 is 0 Å². The van der Waals surface area contributed by atoms with Crippen LogP contribution in [0.3, 0.4) is 0 Å². The minimum absolute atomic E-state index is 0.238. The van der Waals surface area contributed by atoms with Crippen LogP contribution in [0.25, 0.3) is 0 Å². The third kappa shape index (κ3) is 3.05. The highest BCUT2D eigenvalue weighted by molar-refractivity contribution is 7.07. The highest BCUT2D eigenvalue weighted by atomic mass is 32.1. The Labute approximate surface area is 107 Å². The molecule has 17 heavy (non-hydrogen) atoms. The number of nitriles is 1. The molecular formula is C13H19N3S. The zero-order valence-corrected chi connectivity index (χ0v) is 11.3. The minimum atomic E-state index is 0.238. The maximum Gasteiger partial charge on any atom is 0.0795 e. The summed E-state index contributed by atoms with van der Waals surface area (Å²) in [6, 6.07) is 2.47. The van der Waals surface area contributed by atoms with Gasteiger partial charge in [-0.25, -0.2) is 4.98 Å². The number of nitrogens with zero attached hydrogens (tertiary/aromatic N) is 3. The van der Waals surface area contributed by atoms with Crippen molar-refractivity contribution < 1.29 is 0 Å². The first-order valence-electron chi connectivity index (χ1n) is 6.19. The monoisotopic (exact) mass is 249 g/mol. The predicted octanol–water partition coefficient (Wildman–Crippen LogP) is 2.76. The van der Waals surface area contributed by atoms with Gasteiger partial charge in [0, 0.05) is 18.5 Å². The zero-order chi connectivity index (χ0) is 12.3. The maximum absolute atomic E-state index is 9.17. The molecule has 4 heteroatoms. The van der Waals surface area contributed by atoms with Gasteiger partial charge in [-0.05, 0) is 24.8 Å². The molecule has 0 aromatic carbocycles. The summed E-state index contributed by atoms with van der Waals surface area (Å²) in [5.41, 5.74) is 3.05. The van der Waals surface area contributed by atoms with Crippen LogP contribution < -0.4 is 0 Å². The lowest BCUT2D eigenvalue weighted by Crippen LogP contribution is -2.41. The van der Waals surface area contributed by atoms with E-state index in [1.807, 2.05) is 5.51 Å². The third-order valence-corrected chi connectivity index (χ3v) is 4.27. The van der Waals surface area contributed by atoms with Crippen molar-refractivity contribution in [1.29, 1.82) is 5.26 Å². The van der Waals surface area contributed by atoms with Gasteiger partial charge in [-0.2, -0.15) is 5.26 Å². The largest absolute Gasteiger partial charge is 0.297 e. The molecule has 2 atom stereocenters. The Morgan fingerprint density at radius 1 is 1.65 bits per heavy atom. The fraction of sp³-hybridized carbons (Fsp3) is 0.692. The molecule has 3 nitrogen and oxygen atoms in total. The van der Waals surface area contributed by atoms with Crippen LogP contribution in [0, 0.1) is 29.1 Å². The molecule has 0 amide bonds. The summed E-state index contributed by atoms with van der Waals surface area (Å²) >= 11 is 1.65. The fourth-order valence-electron chi connectivity index (χ4n) is 2.58. The molecule has 1 aromatic rings. The molecule has 0 radical (unpaired) electrons. The predicted molar refractivity (Wildman–Crippen MR) is 69.4 cm³/mol. The van der Waals surface area contributed by atoms with Crippen LogP contribution in [0.15, 0.2) is 10.9 Å². The van der Waals surface area contributed by atoms with E-state index in [2.05, 4.69) is 35.2 Å². The molecule has 0 saturated carbocycles. The van der Waals surface area contributed by atoms with E-state index < -0.39 is 0 Å². The molecular weight excluding hydrogens is 230 g/mol. The van der Waals surface area contributed by atoms with Gasteiger partial charge in [-0.1, -0.05) is 13.8 Å². The number of thiazole rings is 1. The molecule has 2 rings (SSSR count). The van der Waals surface area contributed by atoms with Gasteiger partial charge in [0.25, 0.3) is 0 Å². The van der Waals surface area contributed by atoms with Gasteiger partial charge in [0.15, 0.2) is 0 Å². The quantitative estimate of drug-likeness (QED) is 0.827. The summed E-state index contributed by atoms with van der Waals surface area (Å²) in [5.74, 6) is 1.33. The summed E-state index contributed by atoms with van der Waals surface area (Å²) < 4.78 is 0. The first kappa shape index (κ1) is 12.5. The van der Waals surface area contributed by atoms with Crippen molar-refractivity contribution in [3.8, 4) is 6.07 Å². The number of aromatic nitrogens is 1. The van der Waals surface area contributed by atoms with Gasteiger partial charge in [-0.15, -0.1) is 11.3 Å². The number of piperidine rings is 1. The van der Waals surface area contributed by atoms with E-state index in [1.54, 1.807) is 11.3 Å². The maximum atomic E-state index is 9.17. The van der Waals surface area contributed by atoms with E-state index >= 15 is 0 Å². The topological polar surface area (TPSA) is 39.9 Å². The Bertz CT molecular complexity index is 380. The van der Waals surface area contributed by atoms with Crippen LogP contribution in [-0.2, 0) is 6.54 Å². The smallest absolute Gasteiger partial charge is 0.0795 e. The van der Waals surface area contributed by atoms with Crippen molar-refractivity contribution in [1.82, 2.24) is 9.88 Å². The van der Waals surface area contributed by atoms with Gasteiger partial charge in [0.2, 0.25) is 0 Å². The molecule has 0 bridgehead atoms. The van der Waals surface area contributed by atoms with E-state index in [-0.39, 0.29) is 5.92 Å². The van der Waals surface area contributed by atoms with Crippen molar-refractivity contribution >= 4 is 11.3 Å². The molecule has 92 valence electrons. The Morgan fingerprint density at radius 2 is 2.47 bits per heavy atom. The summed E-state index contributed by atoms with van der Waals surface area (Å²) in [6.07, 6.45) is 1.00. The van der Waals surface area contributed by atoms with E-state index in [4.69, 9.17) is 0 Å². The number of rotatable bonds is 3. The standard InChI is InChI=1S/C13H19N3S/c1-10(2)13-7-16(4-3-11(13)5-14)6-12-8-17-9-15-12/h8-11,13H,3-4,6-7H2,1-2H3. The first-order valence-corrected chi connectivity index (χ1v) is 7.14. The average molecular weight is 249 g/mol. The van der Waals surface area contributed by atoms with Crippen molar-refractivity contribution in [2.45, 2.75) is 26.8 Å². The van der Waals surface area contributed by atoms with Crippen molar-refractivity contribution in [2.24, 2.45) is 17.8 Å². The van der Waals surface area contributed by atoms with Gasteiger partial charge in [0.05, 0.1) is 23.2 Å². The fourth-order valence-corrected chi connectivity index (χ4v) is 3.13. The summed E-state index contributed by atoms with van der Waals surface area (Å²) in [6.45, 7) is 7.44. The summed E-state index contributed by atoms with van der Waals surface area (Å²) in [7, 11) is 0. The van der Waals surface area contributed by atoms with Gasteiger partial charge in [0.1, 0.15) is 0 Å². The normalized spacial score (nSPS) is 26.0. The molecule has 1 aromatic heterocycles. The average Bonchev–Trinajstić information content (AvgIpc) is 2.81. The van der Waals surface area contributed by atoms with E-state index in [0.717, 1.165) is 31.7 Å². The highest BCUT2D eigenvalue weighted by Crippen LogP contribution is 2.29. The second-order valence-electron chi connectivity index (χ2n) is 5.15. The molecule has 0 spiro atoms. The van der Waals surface area contributed by atoms with Gasteiger partial charge in [-0.3, -0.25) is 4.90 Å². The molecule has 1 saturated heterocycles. The van der Waals surface area contributed by atoms with Crippen LogP contribution in [-0.4, -0.2) is 23.0 Å². The Morgan fingerprint density at radius 3 is 3.06 bits per heavy atom. The van der Waals surface area contributed by atoms with Crippen molar-refractivity contribution in [3.05, 3.63) is 16.6 Å². The second kappa shape index (κ2) is 5.61. The molecule has 0 aliphatic carbocycles. The zero-order valence-electron chi connectivity index (χ0n) is 10.5.